The predicted octanol–water partition coefficient (Wildman–Crippen LogP) is 5.70. The Kier molecular flexibility index (Phi) is 6.24. The maximum absolute atomic E-state index is 12.9. The zero-order chi connectivity index (χ0) is 17.6. The molecule has 1 aliphatic carbocycles. The van der Waals surface area contributed by atoms with Crippen molar-refractivity contribution < 1.29 is 22.3 Å². The molecule has 1 aliphatic rings. The number of halogens is 4. The fourth-order valence-corrected chi connectivity index (χ4v) is 3.12. The van der Waals surface area contributed by atoms with E-state index in [1.807, 2.05) is 0 Å². The van der Waals surface area contributed by atoms with Gasteiger partial charge in [0, 0.05) is 0 Å². The molecule has 130 valence electrons. The molecule has 0 atom stereocenters. The minimum absolute atomic E-state index is 0.139. The summed E-state index contributed by atoms with van der Waals surface area (Å²) in [4.78, 5) is 0. The van der Waals surface area contributed by atoms with Gasteiger partial charge in [0.25, 0.3) is 0 Å². The molecular formula is C18H19F4NO. The number of alkyl halides is 3. The van der Waals surface area contributed by atoms with Crippen molar-refractivity contribution in [3.05, 3.63) is 41.7 Å². The first kappa shape index (κ1) is 18.3. The highest BCUT2D eigenvalue weighted by atomic mass is 19.4. The molecule has 0 saturated heterocycles. The highest BCUT2D eigenvalue weighted by molar-refractivity contribution is 5.27. The number of rotatable bonds is 5. The summed E-state index contributed by atoms with van der Waals surface area (Å²) in [6.45, 7) is 0. The van der Waals surface area contributed by atoms with E-state index in [0.717, 1.165) is 44.1 Å². The van der Waals surface area contributed by atoms with Gasteiger partial charge in [0.15, 0.2) is 5.83 Å². The first-order chi connectivity index (χ1) is 11.4. The van der Waals surface area contributed by atoms with Crippen LogP contribution < -0.4 is 4.74 Å². The summed E-state index contributed by atoms with van der Waals surface area (Å²) in [5.74, 6) is -0.247. The number of benzene rings is 1. The number of aryl methyl sites for hydroxylation is 1. The second kappa shape index (κ2) is 8.18. The highest BCUT2D eigenvalue weighted by Crippen LogP contribution is 2.33. The molecule has 0 heterocycles. The van der Waals surface area contributed by atoms with Crippen LogP contribution in [0.3, 0.4) is 0 Å². The third kappa shape index (κ3) is 6.23. The van der Waals surface area contributed by atoms with Crippen molar-refractivity contribution in [2.75, 3.05) is 0 Å². The van der Waals surface area contributed by atoms with Crippen LogP contribution in [-0.4, -0.2) is 6.36 Å². The van der Waals surface area contributed by atoms with Gasteiger partial charge < -0.3 is 4.74 Å². The van der Waals surface area contributed by atoms with E-state index >= 15 is 0 Å². The second-order valence-corrected chi connectivity index (χ2v) is 6.14. The summed E-state index contributed by atoms with van der Waals surface area (Å²) in [5, 5.41) is 8.45. The molecule has 0 aliphatic heterocycles. The largest absolute Gasteiger partial charge is 0.573 e. The van der Waals surface area contributed by atoms with Gasteiger partial charge in [-0.2, -0.15) is 9.65 Å². The molecular weight excluding hydrogens is 322 g/mol. The maximum Gasteiger partial charge on any atom is 0.573 e. The monoisotopic (exact) mass is 341 g/mol. The minimum Gasteiger partial charge on any atom is -0.406 e. The molecule has 24 heavy (non-hydrogen) atoms. The molecule has 0 bridgehead atoms. The molecule has 1 aromatic rings. The minimum atomic E-state index is -4.67. The number of hydrogen-bond donors (Lipinski definition) is 0. The molecule has 0 aromatic heterocycles. The molecule has 0 spiro atoms. The Bertz CT molecular complexity index is 593. The lowest BCUT2D eigenvalue weighted by atomic mass is 9.79. The summed E-state index contributed by atoms with van der Waals surface area (Å²) in [5.41, 5.74) is 0.974. The maximum atomic E-state index is 12.9. The van der Waals surface area contributed by atoms with Crippen LogP contribution in [-0.2, 0) is 6.42 Å². The van der Waals surface area contributed by atoms with Crippen LogP contribution in [0.2, 0.25) is 0 Å². The van der Waals surface area contributed by atoms with E-state index in [1.165, 1.54) is 24.3 Å². The van der Waals surface area contributed by atoms with Crippen LogP contribution in [0.1, 0.15) is 37.7 Å². The van der Waals surface area contributed by atoms with Crippen molar-refractivity contribution in [1.82, 2.24) is 0 Å². The number of nitrogens with zero attached hydrogens (tertiary/aromatic N) is 1. The first-order valence-corrected chi connectivity index (χ1v) is 7.98. The van der Waals surface area contributed by atoms with Crippen LogP contribution in [0.5, 0.6) is 5.75 Å². The Morgan fingerprint density at radius 1 is 1.17 bits per heavy atom. The molecule has 1 saturated carbocycles. The van der Waals surface area contributed by atoms with Gasteiger partial charge in [0.05, 0.1) is 0 Å². The van der Waals surface area contributed by atoms with E-state index in [2.05, 4.69) is 4.74 Å². The topological polar surface area (TPSA) is 33.0 Å². The molecule has 0 amide bonds. The van der Waals surface area contributed by atoms with Gasteiger partial charge in [0.1, 0.15) is 11.8 Å². The van der Waals surface area contributed by atoms with Crippen LogP contribution in [0.15, 0.2) is 36.2 Å². The summed E-state index contributed by atoms with van der Waals surface area (Å²) < 4.78 is 53.1. The SMILES string of the molecule is N#CC(F)=CC1CCC(CCc2ccc(OC(F)(F)F)cc2)CC1. The average Bonchev–Trinajstić information content (AvgIpc) is 2.54. The normalized spacial score (nSPS) is 22.0. The zero-order valence-electron chi connectivity index (χ0n) is 13.2. The number of nitriles is 1. The van der Waals surface area contributed by atoms with Crippen LogP contribution >= 0.6 is 0 Å². The van der Waals surface area contributed by atoms with Gasteiger partial charge in [0.2, 0.25) is 0 Å². The Labute approximate surface area is 138 Å². The summed E-state index contributed by atoms with van der Waals surface area (Å²) in [6.07, 6.45) is 2.20. The van der Waals surface area contributed by atoms with E-state index in [1.54, 1.807) is 12.1 Å². The molecule has 2 nitrogen and oxygen atoms in total. The molecule has 6 heteroatoms. The van der Waals surface area contributed by atoms with E-state index in [9.17, 15) is 17.6 Å². The summed E-state index contributed by atoms with van der Waals surface area (Å²) in [6, 6.07) is 7.46. The molecule has 0 radical (unpaired) electrons. The standard InChI is InChI=1S/C18H19F4NO/c19-16(12-23)11-15-5-3-13(4-6-15)1-2-14-7-9-17(10-8-14)24-18(20,21)22/h7-11,13,15H,1-6H2. The third-order valence-corrected chi connectivity index (χ3v) is 4.38. The Balaban J connectivity index is 1.76. The van der Waals surface area contributed by atoms with Gasteiger partial charge in [-0.05, 0) is 74.1 Å². The average molecular weight is 341 g/mol. The lowest BCUT2D eigenvalue weighted by Gasteiger charge is -2.26. The molecule has 1 aromatic carbocycles. The van der Waals surface area contributed by atoms with E-state index in [-0.39, 0.29) is 11.7 Å². The molecule has 2 rings (SSSR count). The lowest BCUT2D eigenvalue weighted by Crippen LogP contribution is -2.17. The van der Waals surface area contributed by atoms with E-state index < -0.39 is 12.2 Å². The van der Waals surface area contributed by atoms with Crippen molar-refractivity contribution in [3.8, 4) is 11.8 Å². The number of ether oxygens (including phenoxy) is 1. The Morgan fingerprint density at radius 2 is 1.79 bits per heavy atom. The van der Waals surface area contributed by atoms with Crippen LogP contribution in [0.4, 0.5) is 17.6 Å². The Hall–Kier alpha value is -2.03. The van der Waals surface area contributed by atoms with Crippen LogP contribution in [0.25, 0.3) is 0 Å². The second-order valence-electron chi connectivity index (χ2n) is 6.14. The van der Waals surface area contributed by atoms with Crippen molar-refractivity contribution >= 4 is 0 Å². The smallest absolute Gasteiger partial charge is 0.406 e. The summed E-state index contributed by atoms with van der Waals surface area (Å²) >= 11 is 0. The van der Waals surface area contributed by atoms with E-state index in [0.29, 0.717) is 5.92 Å². The first-order valence-electron chi connectivity index (χ1n) is 7.98. The third-order valence-electron chi connectivity index (χ3n) is 4.38. The predicted molar refractivity (Wildman–Crippen MR) is 81.7 cm³/mol. The van der Waals surface area contributed by atoms with Crippen molar-refractivity contribution in [2.45, 2.75) is 44.9 Å². The highest BCUT2D eigenvalue weighted by Gasteiger charge is 2.31. The zero-order valence-corrected chi connectivity index (χ0v) is 13.2. The van der Waals surface area contributed by atoms with Gasteiger partial charge >= 0.3 is 6.36 Å². The fraction of sp³-hybridized carbons (Fsp3) is 0.500. The van der Waals surface area contributed by atoms with Gasteiger partial charge in [-0.25, -0.2) is 0 Å². The van der Waals surface area contributed by atoms with Gasteiger partial charge in [-0.1, -0.05) is 12.1 Å². The van der Waals surface area contributed by atoms with Crippen molar-refractivity contribution in [1.29, 1.82) is 5.26 Å². The Morgan fingerprint density at radius 3 is 2.33 bits per heavy atom. The lowest BCUT2D eigenvalue weighted by molar-refractivity contribution is -0.274. The molecule has 0 N–H and O–H groups in total. The quantitative estimate of drug-likeness (QED) is 0.508. The summed E-state index contributed by atoms with van der Waals surface area (Å²) in [7, 11) is 0. The van der Waals surface area contributed by atoms with Crippen LogP contribution in [0, 0.1) is 23.2 Å². The van der Waals surface area contributed by atoms with Crippen molar-refractivity contribution in [2.24, 2.45) is 11.8 Å². The fourth-order valence-electron chi connectivity index (χ4n) is 3.12. The number of allylic oxidation sites excluding steroid dienone is 2. The van der Waals surface area contributed by atoms with Crippen molar-refractivity contribution in [3.63, 3.8) is 0 Å². The molecule has 1 fully saturated rings. The van der Waals surface area contributed by atoms with Gasteiger partial charge in [-0.15, -0.1) is 13.2 Å². The number of hydrogen-bond acceptors (Lipinski definition) is 2. The van der Waals surface area contributed by atoms with E-state index in [4.69, 9.17) is 5.26 Å². The molecule has 0 unspecified atom stereocenters. The van der Waals surface area contributed by atoms with Gasteiger partial charge in [-0.3, -0.25) is 0 Å².